The fraction of sp³-hybridized carbons (Fsp3) is 0.444. The first kappa shape index (κ1) is 9.80. The molecule has 1 aromatic heterocycles. The minimum atomic E-state index is -0.863. The molecule has 0 amide bonds. The second kappa shape index (κ2) is 4.09. The van der Waals surface area contributed by atoms with E-state index in [1.165, 1.54) is 0 Å². The zero-order chi connectivity index (χ0) is 9.84. The van der Waals surface area contributed by atoms with Gasteiger partial charge >= 0.3 is 5.97 Å². The molecule has 4 heteroatoms. The van der Waals surface area contributed by atoms with Crippen LogP contribution in [0.1, 0.15) is 25.6 Å². The summed E-state index contributed by atoms with van der Waals surface area (Å²) in [5, 5.41) is 11.5. The average molecular weight is 183 g/mol. The van der Waals surface area contributed by atoms with E-state index in [1.54, 1.807) is 19.3 Å². The second-order valence-corrected chi connectivity index (χ2v) is 2.96. The number of hydrogen-bond donors (Lipinski definition) is 2. The third-order valence-corrected chi connectivity index (χ3v) is 1.84. The summed E-state index contributed by atoms with van der Waals surface area (Å²) in [4.78, 5) is 10.5. The van der Waals surface area contributed by atoms with Crippen molar-refractivity contribution < 1.29 is 14.3 Å². The van der Waals surface area contributed by atoms with Crippen LogP contribution in [0.2, 0.25) is 0 Å². The van der Waals surface area contributed by atoms with Gasteiger partial charge in [0.2, 0.25) is 0 Å². The lowest BCUT2D eigenvalue weighted by atomic mass is 10.2. The first-order valence-electron chi connectivity index (χ1n) is 4.13. The molecule has 0 aliphatic carbocycles. The molecule has 0 bridgehead atoms. The molecular weight excluding hydrogens is 170 g/mol. The van der Waals surface area contributed by atoms with Crippen LogP contribution in [0.4, 0.5) is 0 Å². The van der Waals surface area contributed by atoms with E-state index in [0.717, 1.165) is 5.76 Å². The van der Waals surface area contributed by atoms with Crippen molar-refractivity contribution in [2.24, 2.45) is 0 Å². The Bertz CT molecular complexity index is 268. The van der Waals surface area contributed by atoms with Gasteiger partial charge in [-0.1, -0.05) is 0 Å². The van der Waals surface area contributed by atoms with Crippen molar-refractivity contribution in [3.8, 4) is 0 Å². The summed E-state index contributed by atoms with van der Waals surface area (Å²) in [5.74, 6) is -0.119. The Labute approximate surface area is 76.6 Å². The van der Waals surface area contributed by atoms with Gasteiger partial charge in [0.15, 0.2) is 0 Å². The quantitative estimate of drug-likeness (QED) is 0.740. The van der Waals surface area contributed by atoms with Gasteiger partial charge in [0.05, 0.1) is 12.3 Å². The molecule has 2 N–H and O–H groups in total. The molecule has 0 aliphatic rings. The van der Waals surface area contributed by atoms with Crippen LogP contribution in [-0.2, 0) is 4.79 Å². The standard InChI is InChI=1S/C9H13NO3/c1-6(8-4-3-5-13-8)10-7(2)9(11)12/h3-7,10H,1-2H3,(H,11,12). The maximum atomic E-state index is 10.5. The molecule has 0 aromatic carbocycles. The van der Waals surface area contributed by atoms with Gasteiger partial charge in [0.25, 0.3) is 0 Å². The van der Waals surface area contributed by atoms with Crippen molar-refractivity contribution in [3.05, 3.63) is 24.2 Å². The normalized spacial score (nSPS) is 15.2. The van der Waals surface area contributed by atoms with Crippen LogP contribution in [-0.4, -0.2) is 17.1 Å². The molecule has 0 saturated heterocycles. The van der Waals surface area contributed by atoms with Crippen LogP contribution in [0.5, 0.6) is 0 Å². The van der Waals surface area contributed by atoms with Gasteiger partial charge in [-0.25, -0.2) is 0 Å². The SMILES string of the molecule is CC(NC(C)c1ccco1)C(=O)O. The summed E-state index contributed by atoms with van der Waals surface area (Å²) in [6.07, 6.45) is 1.57. The molecule has 2 unspecified atom stereocenters. The highest BCUT2D eigenvalue weighted by molar-refractivity contribution is 5.72. The molecule has 13 heavy (non-hydrogen) atoms. The van der Waals surface area contributed by atoms with E-state index in [-0.39, 0.29) is 6.04 Å². The molecule has 0 radical (unpaired) electrons. The van der Waals surface area contributed by atoms with Crippen molar-refractivity contribution in [1.82, 2.24) is 5.32 Å². The monoisotopic (exact) mass is 183 g/mol. The molecule has 4 nitrogen and oxygen atoms in total. The number of nitrogens with one attached hydrogen (secondary N) is 1. The van der Waals surface area contributed by atoms with E-state index in [1.807, 2.05) is 13.0 Å². The lowest BCUT2D eigenvalue weighted by molar-refractivity contribution is -0.139. The Hall–Kier alpha value is -1.29. The van der Waals surface area contributed by atoms with Crippen molar-refractivity contribution in [2.75, 3.05) is 0 Å². The van der Waals surface area contributed by atoms with Crippen LogP contribution >= 0.6 is 0 Å². The highest BCUT2D eigenvalue weighted by Gasteiger charge is 2.15. The first-order chi connectivity index (χ1) is 6.11. The topological polar surface area (TPSA) is 62.5 Å². The Morgan fingerprint density at radius 3 is 2.77 bits per heavy atom. The maximum absolute atomic E-state index is 10.5. The van der Waals surface area contributed by atoms with Crippen molar-refractivity contribution in [3.63, 3.8) is 0 Å². The molecule has 1 rings (SSSR count). The van der Waals surface area contributed by atoms with E-state index < -0.39 is 12.0 Å². The molecule has 72 valence electrons. The summed E-state index contributed by atoms with van der Waals surface area (Å²) < 4.78 is 5.12. The smallest absolute Gasteiger partial charge is 0.320 e. The molecule has 0 spiro atoms. The van der Waals surface area contributed by atoms with Gasteiger partial charge in [0, 0.05) is 0 Å². The van der Waals surface area contributed by atoms with Crippen LogP contribution in [0.25, 0.3) is 0 Å². The average Bonchev–Trinajstić information content (AvgIpc) is 2.55. The number of aliphatic carboxylic acids is 1. The summed E-state index contributed by atoms with van der Waals surface area (Å²) >= 11 is 0. The fourth-order valence-electron chi connectivity index (χ4n) is 1.07. The fourth-order valence-corrected chi connectivity index (χ4v) is 1.07. The lowest BCUT2D eigenvalue weighted by Gasteiger charge is -2.14. The van der Waals surface area contributed by atoms with Gasteiger partial charge < -0.3 is 9.52 Å². The van der Waals surface area contributed by atoms with Gasteiger partial charge in [-0.05, 0) is 26.0 Å². The minimum Gasteiger partial charge on any atom is -0.480 e. The van der Waals surface area contributed by atoms with Gasteiger partial charge in [-0.3, -0.25) is 10.1 Å². The highest BCUT2D eigenvalue weighted by Crippen LogP contribution is 2.12. The van der Waals surface area contributed by atoms with Crippen molar-refractivity contribution in [1.29, 1.82) is 0 Å². The highest BCUT2D eigenvalue weighted by atomic mass is 16.4. The largest absolute Gasteiger partial charge is 0.480 e. The van der Waals surface area contributed by atoms with Crippen molar-refractivity contribution in [2.45, 2.75) is 25.9 Å². The van der Waals surface area contributed by atoms with Crippen molar-refractivity contribution >= 4 is 5.97 Å². The van der Waals surface area contributed by atoms with E-state index >= 15 is 0 Å². The van der Waals surface area contributed by atoms with Gasteiger partial charge in [-0.15, -0.1) is 0 Å². The number of furan rings is 1. The third-order valence-electron chi connectivity index (χ3n) is 1.84. The predicted octanol–water partition coefficient (Wildman–Crippen LogP) is 1.40. The second-order valence-electron chi connectivity index (χ2n) is 2.96. The number of carboxylic acid groups (broad SMARTS) is 1. The molecule has 0 saturated carbocycles. The molecule has 1 aromatic rings. The van der Waals surface area contributed by atoms with E-state index in [2.05, 4.69) is 5.32 Å². The Morgan fingerprint density at radius 1 is 1.62 bits per heavy atom. The Kier molecular flexibility index (Phi) is 3.08. The van der Waals surface area contributed by atoms with E-state index in [0.29, 0.717) is 0 Å². The summed E-state index contributed by atoms with van der Waals surface area (Å²) in [5.41, 5.74) is 0. The van der Waals surface area contributed by atoms with Crippen LogP contribution in [0.3, 0.4) is 0 Å². The number of rotatable bonds is 4. The zero-order valence-electron chi connectivity index (χ0n) is 7.65. The summed E-state index contributed by atoms with van der Waals surface area (Å²) in [7, 11) is 0. The first-order valence-corrected chi connectivity index (χ1v) is 4.13. The summed E-state index contributed by atoms with van der Waals surface area (Å²) in [6.45, 7) is 3.46. The van der Waals surface area contributed by atoms with Gasteiger partial charge in [0.1, 0.15) is 11.8 Å². The molecule has 2 atom stereocenters. The minimum absolute atomic E-state index is 0.0823. The third kappa shape index (κ3) is 2.59. The summed E-state index contributed by atoms with van der Waals surface area (Å²) in [6, 6.07) is 2.94. The van der Waals surface area contributed by atoms with Crippen LogP contribution in [0, 0.1) is 0 Å². The molecule has 0 fully saturated rings. The van der Waals surface area contributed by atoms with Gasteiger partial charge in [-0.2, -0.15) is 0 Å². The van der Waals surface area contributed by atoms with E-state index in [4.69, 9.17) is 9.52 Å². The number of carboxylic acids is 1. The molecule has 1 heterocycles. The molecule has 0 aliphatic heterocycles. The van der Waals surface area contributed by atoms with Crippen LogP contribution < -0.4 is 5.32 Å². The number of carbonyl (C=O) groups is 1. The maximum Gasteiger partial charge on any atom is 0.320 e. The predicted molar refractivity (Wildman–Crippen MR) is 47.4 cm³/mol. The lowest BCUT2D eigenvalue weighted by Crippen LogP contribution is -2.35. The van der Waals surface area contributed by atoms with Crippen LogP contribution in [0.15, 0.2) is 22.8 Å². The zero-order valence-corrected chi connectivity index (χ0v) is 7.65. The Morgan fingerprint density at radius 2 is 2.31 bits per heavy atom. The molecular formula is C9H13NO3. The Balaban J connectivity index is 2.51. The number of hydrogen-bond acceptors (Lipinski definition) is 3. The van der Waals surface area contributed by atoms with E-state index in [9.17, 15) is 4.79 Å².